The van der Waals surface area contributed by atoms with Crippen molar-refractivity contribution in [2.45, 2.75) is 25.3 Å². The molecule has 0 amide bonds. The Balaban J connectivity index is 2.92. The summed E-state index contributed by atoms with van der Waals surface area (Å²) in [5, 5.41) is 6.93. The average molecular weight is 265 g/mol. The molecule has 0 spiro atoms. The number of nitrogens with one attached hydrogen (secondary N) is 1. The fraction of sp³-hybridized carbons (Fsp3) is 0.889. The van der Waals surface area contributed by atoms with Gasteiger partial charge in [-0.15, -0.1) is 0 Å². The van der Waals surface area contributed by atoms with Gasteiger partial charge in [0.2, 0.25) is 0 Å². The van der Waals surface area contributed by atoms with E-state index >= 15 is 0 Å². The first-order valence-electron chi connectivity index (χ1n) is 5.29. The summed E-state index contributed by atoms with van der Waals surface area (Å²) in [4.78, 5) is 1.83. The van der Waals surface area contributed by atoms with Crippen LogP contribution in [0.5, 0.6) is 0 Å². The van der Waals surface area contributed by atoms with Crippen molar-refractivity contribution in [3.8, 4) is 0 Å². The Labute approximate surface area is 101 Å². The van der Waals surface area contributed by atoms with E-state index in [4.69, 9.17) is 11.1 Å². The maximum atomic E-state index is 11.9. The Bertz CT molecular complexity index is 356. The van der Waals surface area contributed by atoms with Gasteiger partial charge in [-0.1, -0.05) is 6.92 Å². The van der Waals surface area contributed by atoms with Gasteiger partial charge in [0, 0.05) is 23.8 Å². The van der Waals surface area contributed by atoms with Gasteiger partial charge in [-0.25, -0.2) is 8.42 Å². The lowest BCUT2D eigenvalue weighted by molar-refractivity contribution is 0.248. The van der Waals surface area contributed by atoms with Crippen LogP contribution in [0.1, 0.15) is 13.8 Å². The molecule has 0 aliphatic carbocycles. The summed E-state index contributed by atoms with van der Waals surface area (Å²) in [6.07, 6.45) is 0. The van der Waals surface area contributed by atoms with Crippen molar-refractivity contribution in [2.24, 2.45) is 5.73 Å². The summed E-state index contributed by atoms with van der Waals surface area (Å²) in [5.74, 6) is 1.64. The van der Waals surface area contributed by atoms with E-state index in [0.717, 1.165) is 5.75 Å². The largest absolute Gasteiger partial charge is 0.386 e. The molecule has 16 heavy (non-hydrogen) atoms. The van der Waals surface area contributed by atoms with E-state index in [-0.39, 0.29) is 17.6 Å². The molecule has 1 fully saturated rings. The molecule has 2 atom stereocenters. The van der Waals surface area contributed by atoms with Crippen LogP contribution in [-0.2, 0) is 9.84 Å². The van der Waals surface area contributed by atoms with Crippen molar-refractivity contribution >= 4 is 27.4 Å². The first-order valence-corrected chi connectivity index (χ1v) is 8.16. The van der Waals surface area contributed by atoms with Gasteiger partial charge in [0.05, 0.1) is 6.04 Å². The van der Waals surface area contributed by atoms with Crippen LogP contribution in [0.15, 0.2) is 0 Å². The highest BCUT2D eigenvalue weighted by Gasteiger charge is 2.36. The standard InChI is InChI=1S/C9H19N3O2S2/c1-3-16(13,14)8-6-15-5-4-12(8)7(2)9(10)11/h7-8H,3-6H2,1-2H3,(H3,10,11). The van der Waals surface area contributed by atoms with E-state index in [1.54, 1.807) is 25.6 Å². The van der Waals surface area contributed by atoms with Crippen LogP contribution in [0, 0.1) is 5.41 Å². The van der Waals surface area contributed by atoms with Crippen LogP contribution in [0.3, 0.4) is 0 Å². The number of hydrogen-bond donors (Lipinski definition) is 2. The van der Waals surface area contributed by atoms with Gasteiger partial charge in [-0.3, -0.25) is 10.3 Å². The molecule has 7 heteroatoms. The van der Waals surface area contributed by atoms with Crippen molar-refractivity contribution in [3.05, 3.63) is 0 Å². The third-order valence-electron chi connectivity index (χ3n) is 2.89. The first-order chi connectivity index (χ1) is 7.40. The molecule has 0 bridgehead atoms. The molecule has 5 nitrogen and oxygen atoms in total. The minimum atomic E-state index is -3.10. The molecule has 1 aliphatic rings. The smallest absolute Gasteiger partial charge is 0.166 e. The molecule has 0 aromatic rings. The van der Waals surface area contributed by atoms with Gasteiger partial charge in [-0.2, -0.15) is 11.8 Å². The fourth-order valence-electron chi connectivity index (χ4n) is 1.72. The third kappa shape index (κ3) is 2.89. The molecule has 0 aromatic carbocycles. The van der Waals surface area contributed by atoms with Gasteiger partial charge in [0.15, 0.2) is 9.84 Å². The normalized spacial score (nSPS) is 25.2. The summed E-state index contributed by atoms with van der Waals surface area (Å²) in [7, 11) is -3.10. The maximum Gasteiger partial charge on any atom is 0.166 e. The quantitative estimate of drug-likeness (QED) is 0.557. The van der Waals surface area contributed by atoms with E-state index in [1.807, 2.05) is 4.90 Å². The predicted octanol–water partition coefficient (Wildman–Crippen LogP) is 0.120. The zero-order valence-electron chi connectivity index (χ0n) is 9.64. The van der Waals surface area contributed by atoms with Gasteiger partial charge < -0.3 is 5.73 Å². The lowest BCUT2D eigenvalue weighted by Gasteiger charge is -2.38. The second-order valence-corrected chi connectivity index (χ2v) is 7.45. The number of thioether (sulfide) groups is 1. The molecule has 1 aliphatic heterocycles. The minimum absolute atomic E-state index is 0.0307. The summed E-state index contributed by atoms with van der Waals surface area (Å²) < 4.78 is 23.9. The number of rotatable bonds is 4. The van der Waals surface area contributed by atoms with Gasteiger partial charge >= 0.3 is 0 Å². The van der Waals surface area contributed by atoms with Gasteiger partial charge in [-0.05, 0) is 6.92 Å². The topological polar surface area (TPSA) is 87.2 Å². The molecule has 1 rings (SSSR count). The highest BCUT2D eigenvalue weighted by molar-refractivity contribution is 8.01. The van der Waals surface area contributed by atoms with Crippen LogP contribution in [0.4, 0.5) is 0 Å². The first kappa shape index (κ1) is 13.8. The molecule has 0 aromatic heterocycles. The molecule has 0 radical (unpaired) electrons. The third-order valence-corrected chi connectivity index (χ3v) is 6.19. The van der Waals surface area contributed by atoms with Crippen molar-refractivity contribution in [3.63, 3.8) is 0 Å². The van der Waals surface area contributed by atoms with Gasteiger partial charge in [0.25, 0.3) is 0 Å². The lowest BCUT2D eigenvalue weighted by atomic mass is 10.2. The van der Waals surface area contributed by atoms with Crippen molar-refractivity contribution in [1.29, 1.82) is 5.41 Å². The Morgan fingerprint density at radius 1 is 1.69 bits per heavy atom. The fourth-order valence-corrected chi connectivity index (χ4v) is 4.82. The molecule has 2 unspecified atom stereocenters. The molecular weight excluding hydrogens is 246 g/mol. The number of nitrogens with two attached hydrogens (primary N) is 1. The molecule has 1 saturated heterocycles. The van der Waals surface area contributed by atoms with Crippen molar-refractivity contribution in [1.82, 2.24) is 4.90 Å². The number of hydrogen-bond acceptors (Lipinski definition) is 5. The molecule has 1 heterocycles. The summed E-state index contributed by atoms with van der Waals surface area (Å²) >= 11 is 1.65. The van der Waals surface area contributed by atoms with Gasteiger partial charge in [0.1, 0.15) is 11.2 Å². The monoisotopic (exact) mass is 265 g/mol. The maximum absolute atomic E-state index is 11.9. The Kier molecular flexibility index (Phi) is 4.63. The van der Waals surface area contributed by atoms with E-state index in [1.165, 1.54) is 0 Å². The lowest BCUT2D eigenvalue weighted by Crippen LogP contribution is -2.55. The molecule has 0 saturated carbocycles. The predicted molar refractivity (Wildman–Crippen MR) is 68.7 cm³/mol. The van der Waals surface area contributed by atoms with E-state index in [2.05, 4.69) is 0 Å². The second kappa shape index (κ2) is 5.37. The Hall–Kier alpha value is -0.270. The highest BCUT2D eigenvalue weighted by atomic mass is 32.2. The zero-order chi connectivity index (χ0) is 12.3. The van der Waals surface area contributed by atoms with Crippen molar-refractivity contribution < 1.29 is 8.42 Å². The Morgan fingerprint density at radius 3 is 2.81 bits per heavy atom. The van der Waals surface area contributed by atoms with Crippen molar-refractivity contribution in [2.75, 3.05) is 23.8 Å². The van der Waals surface area contributed by atoms with Crippen LogP contribution < -0.4 is 5.73 Å². The van der Waals surface area contributed by atoms with Crippen LogP contribution in [0.2, 0.25) is 0 Å². The van der Waals surface area contributed by atoms with E-state index in [9.17, 15) is 8.42 Å². The summed E-state index contributed by atoms with van der Waals surface area (Å²) in [6.45, 7) is 4.12. The van der Waals surface area contributed by atoms with E-state index in [0.29, 0.717) is 12.3 Å². The van der Waals surface area contributed by atoms with Crippen LogP contribution >= 0.6 is 11.8 Å². The highest BCUT2D eigenvalue weighted by Crippen LogP contribution is 2.23. The van der Waals surface area contributed by atoms with Crippen LogP contribution in [-0.4, -0.2) is 54.4 Å². The van der Waals surface area contributed by atoms with E-state index < -0.39 is 15.2 Å². The Morgan fingerprint density at radius 2 is 2.31 bits per heavy atom. The molecule has 3 N–H and O–H groups in total. The minimum Gasteiger partial charge on any atom is -0.386 e. The molecular formula is C9H19N3O2S2. The average Bonchev–Trinajstić information content (AvgIpc) is 2.28. The summed E-state index contributed by atoms with van der Waals surface area (Å²) in [6, 6.07) is -0.299. The van der Waals surface area contributed by atoms with Crippen LogP contribution in [0.25, 0.3) is 0 Å². The number of nitrogens with zero attached hydrogens (tertiary/aromatic N) is 1. The zero-order valence-corrected chi connectivity index (χ0v) is 11.3. The molecule has 94 valence electrons. The second-order valence-electron chi connectivity index (χ2n) is 3.85. The summed E-state index contributed by atoms with van der Waals surface area (Å²) in [5.41, 5.74) is 5.45. The number of sulfone groups is 1. The number of amidine groups is 1. The SMILES string of the molecule is CCS(=O)(=O)C1CSCCN1C(C)C(=N)N.